The van der Waals surface area contributed by atoms with Crippen molar-refractivity contribution in [1.82, 2.24) is 15.2 Å². The first-order chi connectivity index (χ1) is 15.0. The van der Waals surface area contributed by atoms with Crippen molar-refractivity contribution >= 4 is 55.1 Å². The minimum atomic E-state index is -3.79. The topological polar surface area (TPSA) is 127 Å². The number of carbonyl (C=O) groups excluding carboxylic acids is 1. The summed E-state index contributed by atoms with van der Waals surface area (Å²) in [6, 6.07) is 13.2. The van der Waals surface area contributed by atoms with E-state index in [1.807, 2.05) is 19.1 Å². The summed E-state index contributed by atoms with van der Waals surface area (Å²) in [6.07, 6.45) is 2.76. The molecule has 158 valence electrons. The molecule has 0 radical (unpaired) electrons. The number of oxazole rings is 1. The Morgan fingerprint density at radius 2 is 1.90 bits per heavy atom. The maximum atomic E-state index is 12.5. The molecule has 0 saturated carbocycles. The van der Waals surface area contributed by atoms with Crippen molar-refractivity contribution in [2.45, 2.75) is 18.2 Å². The van der Waals surface area contributed by atoms with E-state index in [9.17, 15) is 13.2 Å². The van der Waals surface area contributed by atoms with Gasteiger partial charge in [-0.15, -0.1) is 10.2 Å². The van der Waals surface area contributed by atoms with Crippen molar-refractivity contribution in [1.29, 1.82) is 0 Å². The van der Waals surface area contributed by atoms with Crippen LogP contribution in [-0.2, 0) is 21.2 Å². The molecule has 0 aliphatic carbocycles. The molecule has 0 spiro atoms. The molecule has 0 amide bonds. The van der Waals surface area contributed by atoms with E-state index in [1.54, 1.807) is 24.3 Å². The highest BCUT2D eigenvalue weighted by atomic mass is 32.2. The summed E-state index contributed by atoms with van der Waals surface area (Å²) in [5, 5.41) is 11.6. The summed E-state index contributed by atoms with van der Waals surface area (Å²) in [7, 11) is -3.79. The highest BCUT2D eigenvalue weighted by Crippen LogP contribution is 2.22. The largest absolute Gasteiger partial charge is 0.436 e. The average Bonchev–Trinajstić information content (AvgIpc) is 3.40. The Morgan fingerprint density at radius 1 is 1.13 bits per heavy atom. The number of benzene rings is 2. The van der Waals surface area contributed by atoms with E-state index in [0.717, 1.165) is 5.01 Å². The summed E-state index contributed by atoms with van der Waals surface area (Å²) in [5.74, 6) is 0.190. The third-order valence-electron chi connectivity index (χ3n) is 4.22. The molecule has 0 saturated heterocycles. The first kappa shape index (κ1) is 20.7. The zero-order chi connectivity index (χ0) is 21.8. The second-order valence-corrected chi connectivity index (χ2v) is 9.08. The van der Waals surface area contributed by atoms with Crippen LogP contribution >= 0.6 is 11.3 Å². The molecule has 2 aromatic heterocycles. The second-order valence-electron chi connectivity index (χ2n) is 6.33. The number of sulfonamides is 1. The number of hydrogen-bond acceptors (Lipinski definition) is 9. The molecule has 0 aliphatic heterocycles. The van der Waals surface area contributed by atoms with Crippen LogP contribution in [0.15, 0.2) is 64.0 Å². The third-order valence-corrected chi connectivity index (χ3v) is 6.68. The third kappa shape index (κ3) is 4.62. The van der Waals surface area contributed by atoms with Crippen molar-refractivity contribution in [2.75, 3.05) is 10.0 Å². The van der Waals surface area contributed by atoms with Crippen LogP contribution in [0.5, 0.6) is 0 Å². The normalized spacial score (nSPS) is 12.1. The number of anilines is 2. The van der Waals surface area contributed by atoms with E-state index in [-0.39, 0.29) is 21.5 Å². The summed E-state index contributed by atoms with van der Waals surface area (Å²) >= 11 is 1.19. The number of nitrogens with one attached hydrogen (secondary N) is 2. The van der Waals surface area contributed by atoms with Crippen molar-refractivity contribution in [3.8, 4) is 0 Å². The van der Waals surface area contributed by atoms with Crippen LogP contribution in [0.1, 0.15) is 17.8 Å². The molecule has 4 aromatic rings. The molecule has 9 nitrogen and oxygen atoms in total. The van der Waals surface area contributed by atoms with Gasteiger partial charge in [0.25, 0.3) is 10.0 Å². The minimum absolute atomic E-state index is 0.0739. The fourth-order valence-electron chi connectivity index (χ4n) is 2.64. The fraction of sp³-hybridized carbons (Fsp3) is 0.100. The van der Waals surface area contributed by atoms with Crippen molar-refractivity contribution in [3.05, 3.63) is 65.6 Å². The molecule has 4 rings (SSSR count). The number of carbonyl (C=O) groups is 1. The Balaban J connectivity index is 1.48. The van der Waals surface area contributed by atoms with Gasteiger partial charge in [0, 0.05) is 11.9 Å². The van der Waals surface area contributed by atoms with Gasteiger partial charge in [-0.3, -0.25) is 9.52 Å². The molecule has 31 heavy (non-hydrogen) atoms. The van der Waals surface area contributed by atoms with Gasteiger partial charge in [0.2, 0.25) is 11.0 Å². The van der Waals surface area contributed by atoms with Gasteiger partial charge in [0.1, 0.15) is 10.5 Å². The van der Waals surface area contributed by atoms with Crippen LogP contribution in [-0.4, -0.2) is 29.9 Å². The number of fused-ring (bicyclic) bond motifs is 1. The van der Waals surface area contributed by atoms with E-state index < -0.39 is 10.0 Å². The van der Waals surface area contributed by atoms with Crippen LogP contribution in [0, 0.1) is 0 Å². The van der Waals surface area contributed by atoms with Crippen LogP contribution < -0.4 is 10.0 Å². The highest BCUT2D eigenvalue weighted by molar-refractivity contribution is 7.93. The smallest absolute Gasteiger partial charge is 0.263 e. The van der Waals surface area contributed by atoms with E-state index in [0.29, 0.717) is 29.5 Å². The van der Waals surface area contributed by atoms with Crippen LogP contribution in [0.3, 0.4) is 0 Å². The fourth-order valence-corrected chi connectivity index (χ4v) is 4.55. The number of aldehydes is 1. The molecule has 0 atom stereocenters. The minimum Gasteiger partial charge on any atom is -0.436 e. The van der Waals surface area contributed by atoms with E-state index in [1.165, 1.54) is 29.7 Å². The number of rotatable bonds is 8. The van der Waals surface area contributed by atoms with Gasteiger partial charge in [0.05, 0.1) is 10.5 Å². The van der Waals surface area contributed by atoms with Gasteiger partial charge < -0.3 is 9.73 Å². The van der Waals surface area contributed by atoms with Crippen LogP contribution in [0.2, 0.25) is 0 Å². The molecular weight excluding hydrogens is 438 g/mol. The number of para-hydroxylation sites is 2. The predicted octanol–water partition coefficient (Wildman–Crippen LogP) is 3.69. The zero-order valence-electron chi connectivity index (χ0n) is 16.3. The van der Waals surface area contributed by atoms with Crippen LogP contribution in [0.4, 0.5) is 10.8 Å². The summed E-state index contributed by atoms with van der Waals surface area (Å²) in [5.41, 5.74) is 2.03. The quantitative estimate of drug-likeness (QED) is 0.304. The standard InChI is InChI=1S/C20H17N5O4S2/c1-2-18-23-24-20(30-18)25-31(27,28)15-9-7-14(8-10-15)21-11-13(12-26)19-22-16-5-3-4-6-17(16)29-19/h3-12,21H,2H2,1H3,(H,24,25)/b13-11+. The average molecular weight is 456 g/mol. The molecule has 11 heteroatoms. The predicted molar refractivity (Wildman–Crippen MR) is 118 cm³/mol. The highest BCUT2D eigenvalue weighted by Gasteiger charge is 2.17. The summed E-state index contributed by atoms with van der Waals surface area (Å²) < 4.78 is 33.1. The van der Waals surface area contributed by atoms with E-state index in [2.05, 4.69) is 25.2 Å². The maximum Gasteiger partial charge on any atom is 0.263 e. The lowest BCUT2D eigenvalue weighted by Gasteiger charge is -2.06. The first-order valence-corrected chi connectivity index (χ1v) is 11.5. The summed E-state index contributed by atoms with van der Waals surface area (Å²) in [6.45, 7) is 1.92. The lowest BCUT2D eigenvalue weighted by molar-refractivity contribution is -0.103. The second kappa shape index (κ2) is 8.66. The zero-order valence-corrected chi connectivity index (χ0v) is 17.9. The maximum absolute atomic E-state index is 12.5. The Bertz CT molecular complexity index is 1320. The number of hydrogen-bond donors (Lipinski definition) is 2. The molecule has 0 bridgehead atoms. The first-order valence-electron chi connectivity index (χ1n) is 9.21. The number of allylic oxidation sites excluding steroid dienone is 1. The summed E-state index contributed by atoms with van der Waals surface area (Å²) in [4.78, 5) is 15.8. The van der Waals surface area contributed by atoms with Crippen molar-refractivity contribution in [2.24, 2.45) is 0 Å². The molecule has 0 aliphatic rings. The van der Waals surface area contributed by atoms with Gasteiger partial charge in [0.15, 0.2) is 11.9 Å². The number of aromatic nitrogens is 3. The Labute approximate surface area is 181 Å². The van der Waals surface area contributed by atoms with Gasteiger partial charge in [-0.2, -0.15) is 0 Å². The van der Waals surface area contributed by atoms with Crippen molar-refractivity contribution in [3.63, 3.8) is 0 Å². The van der Waals surface area contributed by atoms with Gasteiger partial charge in [-0.1, -0.05) is 30.4 Å². The van der Waals surface area contributed by atoms with Crippen LogP contribution in [0.25, 0.3) is 16.7 Å². The van der Waals surface area contributed by atoms with E-state index in [4.69, 9.17) is 4.42 Å². The molecule has 2 aromatic carbocycles. The molecule has 2 N–H and O–H groups in total. The van der Waals surface area contributed by atoms with Crippen molar-refractivity contribution < 1.29 is 17.6 Å². The molecule has 2 heterocycles. The number of nitrogens with zero attached hydrogens (tertiary/aromatic N) is 3. The lowest BCUT2D eigenvalue weighted by Crippen LogP contribution is -2.12. The Kier molecular flexibility index (Phi) is 5.78. The Hall–Kier alpha value is -3.57. The molecule has 0 unspecified atom stereocenters. The van der Waals surface area contributed by atoms with Gasteiger partial charge >= 0.3 is 0 Å². The van der Waals surface area contributed by atoms with Gasteiger partial charge in [-0.25, -0.2) is 13.4 Å². The molecule has 0 fully saturated rings. The lowest BCUT2D eigenvalue weighted by atomic mass is 10.3. The SMILES string of the molecule is CCc1nnc(NS(=O)(=O)c2ccc(N/C=C(\C=O)c3nc4ccccc4o3)cc2)s1. The number of aryl methyl sites for hydroxylation is 1. The van der Waals surface area contributed by atoms with E-state index >= 15 is 0 Å². The monoisotopic (exact) mass is 455 g/mol. The van der Waals surface area contributed by atoms with Gasteiger partial charge in [-0.05, 0) is 42.8 Å². The molecular formula is C20H17N5O4S2. The Morgan fingerprint density at radius 3 is 2.58 bits per heavy atom.